The van der Waals surface area contributed by atoms with Crippen LogP contribution in [-0.2, 0) is 4.79 Å². The first kappa shape index (κ1) is 6.34. The number of carbonyl (C=O) groups is 1. The lowest BCUT2D eigenvalue weighted by molar-refractivity contribution is -0.106. The van der Waals surface area contributed by atoms with Crippen molar-refractivity contribution in [2.24, 2.45) is 4.90 Å². The molecule has 0 saturated heterocycles. The molecule has 0 aliphatic carbocycles. The molecule has 0 spiro atoms. The van der Waals surface area contributed by atoms with Crippen LogP contribution in [0.15, 0.2) is 29.2 Å². The second-order valence-electron chi connectivity index (χ2n) is 2.36. The number of hydrogen-bond donors (Lipinski definition) is 0. The number of rotatable bonds is 0. The highest BCUT2D eigenvalue weighted by molar-refractivity contribution is 6.79. The molecule has 0 N–H and O–H groups in total. The van der Waals surface area contributed by atoms with Crippen LogP contribution in [0.4, 0.5) is 0 Å². The van der Waals surface area contributed by atoms with Gasteiger partial charge in [-0.15, -0.1) is 0 Å². The highest BCUT2D eigenvalue weighted by Crippen LogP contribution is 1.79. The van der Waals surface area contributed by atoms with E-state index < -0.39 is 0 Å². The largest absolute Gasteiger partial charge is 0.365 e. The highest BCUT2D eigenvalue weighted by atomic mass is 16.1. The summed E-state index contributed by atoms with van der Waals surface area (Å²) in [6, 6.07) is 7.56. The predicted molar refractivity (Wildman–Crippen MR) is 42.4 cm³/mol. The highest BCUT2D eigenvalue weighted by Gasteiger charge is 2.03. The molecule has 1 aliphatic rings. The Labute approximate surface area is 64.5 Å². The molecule has 1 aromatic carbocycles. The zero-order valence-electron chi connectivity index (χ0n) is 5.82. The molecule has 0 amide bonds. The zero-order chi connectivity index (χ0) is 7.68. The summed E-state index contributed by atoms with van der Waals surface area (Å²) in [5.74, 6) is 0. The first-order valence-electron chi connectivity index (χ1n) is 3.38. The monoisotopic (exact) mass is 142 g/mol. The summed E-state index contributed by atoms with van der Waals surface area (Å²) in [5.41, 5.74) is -0.0382. The third-order valence-corrected chi connectivity index (χ3v) is 1.57. The summed E-state index contributed by atoms with van der Waals surface area (Å²) in [6.07, 6.45) is 1.59. The molecule has 0 bridgehead atoms. The lowest BCUT2D eigenvalue weighted by atomic mass is 9.85. The summed E-state index contributed by atoms with van der Waals surface area (Å²) in [6.45, 7) is 0. The van der Waals surface area contributed by atoms with Crippen molar-refractivity contribution in [1.82, 2.24) is 0 Å². The standard InChI is InChI=1S/C8H5BNO/c11-8-5-6-3-1-2-4-7(6)10-9-8/h1-5H. The van der Waals surface area contributed by atoms with Crippen molar-refractivity contribution in [3.05, 3.63) is 34.8 Å². The van der Waals surface area contributed by atoms with Gasteiger partial charge in [0, 0.05) is 10.6 Å². The van der Waals surface area contributed by atoms with Crippen molar-refractivity contribution in [1.29, 1.82) is 0 Å². The van der Waals surface area contributed by atoms with Crippen LogP contribution in [-0.4, -0.2) is 13.1 Å². The average Bonchev–Trinajstić information content (AvgIpc) is 2.04. The van der Waals surface area contributed by atoms with Gasteiger partial charge in [-0.1, -0.05) is 18.2 Å². The van der Waals surface area contributed by atoms with Gasteiger partial charge in [0.05, 0.1) is 0 Å². The fraction of sp³-hybridized carbons (Fsp3) is 0. The van der Waals surface area contributed by atoms with E-state index in [4.69, 9.17) is 0 Å². The van der Waals surface area contributed by atoms with E-state index in [2.05, 4.69) is 4.90 Å². The van der Waals surface area contributed by atoms with E-state index in [1.165, 1.54) is 7.41 Å². The van der Waals surface area contributed by atoms with Crippen LogP contribution in [0.25, 0.3) is 6.08 Å². The maximum atomic E-state index is 10.8. The molecule has 0 aromatic heterocycles. The van der Waals surface area contributed by atoms with E-state index in [1.807, 2.05) is 24.3 Å². The van der Waals surface area contributed by atoms with Crippen molar-refractivity contribution in [3.63, 3.8) is 0 Å². The molecule has 2 nitrogen and oxygen atoms in total. The van der Waals surface area contributed by atoms with Crippen LogP contribution in [0.5, 0.6) is 0 Å². The Hall–Kier alpha value is -1.38. The fourth-order valence-corrected chi connectivity index (χ4v) is 1.05. The minimum Gasteiger partial charge on any atom is -0.337 e. The molecular formula is C8H5BNO. The number of nitrogens with zero attached hydrogens (tertiary/aromatic N) is 1. The Balaban J connectivity index is 2.83. The Kier molecular flexibility index (Phi) is 1.35. The van der Waals surface area contributed by atoms with Gasteiger partial charge in [0.15, 0.2) is 0 Å². The molecule has 1 heterocycles. The molecule has 3 heteroatoms. The average molecular weight is 142 g/mol. The van der Waals surface area contributed by atoms with Crippen LogP contribution in [0.1, 0.15) is 0 Å². The molecule has 0 atom stereocenters. The molecule has 51 valence electrons. The molecule has 0 saturated carbocycles. The van der Waals surface area contributed by atoms with E-state index in [-0.39, 0.29) is 5.68 Å². The van der Waals surface area contributed by atoms with E-state index in [1.54, 1.807) is 6.08 Å². The second-order valence-corrected chi connectivity index (χ2v) is 2.36. The summed E-state index contributed by atoms with van der Waals surface area (Å²) < 4.78 is 0. The second kappa shape index (κ2) is 2.34. The van der Waals surface area contributed by atoms with Crippen LogP contribution < -0.4 is 10.6 Å². The first-order valence-corrected chi connectivity index (χ1v) is 3.38. The first-order chi connectivity index (χ1) is 5.36. The van der Waals surface area contributed by atoms with Gasteiger partial charge in [-0.25, -0.2) is 0 Å². The maximum Gasteiger partial charge on any atom is 0.365 e. The third-order valence-electron chi connectivity index (χ3n) is 1.57. The van der Waals surface area contributed by atoms with Gasteiger partial charge in [-0.05, 0) is 12.1 Å². The number of fused-ring (bicyclic) bond motifs is 1. The van der Waals surface area contributed by atoms with Gasteiger partial charge in [0.2, 0.25) is 0 Å². The van der Waals surface area contributed by atoms with Gasteiger partial charge < -0.3 is 9.70 Å². The third kappa shape index (κ3) is 1.09. The molecule has 0 fully saturated rings. The summed E-state index contributed by atoms with van der Waals surface area (Å²) >= 11 is 0. The summed E-state index contributed by atoms with van der Waals surface area (Å²) in [7, 11) is 1.34. The lowest BCUT2D eigenvalue weighted by Crippen LogP contribution is -2.32. The fourth-order valence-electron chi connectivity index (χ4n) is 1.05. The van der Waals surface area contributed by atoms with Crippen molar-refractivity contribution < 1.29 is 4.79 Å². The molecule has 2 rings (SSSR count). The van der Waals surface area contributed by atoms with Crippen molar-refractivity contribution in [3.8, 4) is 0 Å². The molecular weight excluding hydrogens is 137 g/mol. The van der Waals surface area contributed by atoms with Gasteiger partial charge in [0.25, 0.3) is 0 Å². The van der Waals surface area contributed by atoms with E-state index >= 15 is 0 Å². The minimum absolute atomic E-state index is 0.0382. The Morgan fingerprint density at radius 2 is 2.09 bits per heavy atom. The molecule has 1 aromatic rings. The van der Waals surface area contributed by atoms with Gasteiger partial charge in [0.1, 0.15) is 5.68 Å². The Bertz CT molecular complexity index is 410. The minimum atomic E-state index is -0.0382. The number of carbonyl (C=O) groups excluding carboxylic acids is 1. The molecule has 1 radical (unpaired) electrons. The Morgan fingerprint density at radius 3 is 3.00 bits per heavy atom. The topological polar surface area (TPSA) is 29.4 Å². The zero-order valence-corrected chi connectivity index (χ0v) is 5.82. The number of hydrogen-bond acceptors (Lipinski definition) is 2. The SMILES string of the molecule is O=C1[B]N=c2ccccc2=C1. The van der Waals surface area contributed by atoms with Gasteiger partial charge in [-0.3, -0.25) is 0 Å². The van der Waals surface area contributed by atoms with E-state index in [9.17, 15) is 4.79 Å². The van der Waals surface area contributed by atoms with E-state index in [0.717, 1.165) is 10.6 Å². The predicted octanol–water partition coefficient (Wildman–Crippen LogP) is -0.754. The van der Waals surface area contributed by atoms with Gasteiger partial charge in [-0.2, -0.15) is 0 Å². The number of benzene rings is 1. The maximum absolute atomic E-state index is 10.8. The van der Waals surface area contributed by atoms with Crippen LogP contribution in [0, 0.1) is 0 Å². The van der Waals surface area contributed by atoms with Crippen molar-refractivity contribution >= 4 is 19.2 Å². The van der Waals surface area contributed by atoms with Crippen LogP contribution in [0.3, 0.4) is 0 Å². The smallest absolute Gasteiger partial charge is 0.337 e. The Morgan fingerprint density at radius 1 is 1.27 bits per heavy atom. The molecule has 0 unspecified atom stereocenters. The van der Waals surface area contributed by atoms with Crippen LogP contribution in [0.2, 0.25) is 0 Å². The summed E-state index contributed by atoms with van der Waals surface area (Å²) in [4.78, 5) is 14.8. The molecule has 1 aliphatic heterocycles. The molecule has 11 heavy (non-hydrogen) atoms. The lowest BCUT2D eigenvalue weighted by Gasteiger charge is -1.95. The quantitative estimate of drug-likeness (QED) is 0.438. The normalized spacial score (nSPS) is 14.0. The van der Waals surface area contributed by atoms with Crippen molar-refractivity contribution in [2.75, 3.05) is 0 Å². The van der Waals surface area contributed by atoms with E-state index in [0.29, 0.717) is 0 Å². The van der Waals surface area contributed by atoms with Crippen molar-refractivity contribution in [2.45, 2.75) is 0 Å². The van der Waals surface area contributed by atoms with Crippen LogP contribution >= 0.6 is 0 Å². The van der Waals surface area contributed by atoms with Gasteiger partial charge >= 0.3 is 7.41 Å². The summed E-state index contributed by atoms with van der Waals surface area (Å²) in [5, 5.41) is 1.77.